The Hall–Kier alpha value is -2.34. The standard InChI is InChI=1S/C17H21ClN2O4/c1-12(2)9-10-19-17(23)20-15(21)11-24-16(22)8-7-13-5-3-4-6-14(13)18/h3-8,12H,9-11H2,1-2H3,(H2,19,20,21,23)/b8-7+. The molecule has 1 rings (SSSR count). The van der Waals surface area contributed by atoms with E-state index in [1.807, 2.05) is 13.8 Å². The summed E-state index contributed by atoms with van der Waals surface area (Å²) in [6, 6.07) is 6.37. The Labute approximate surface area is 146 Å². The summed E-state index contributed by atoms with van der Waals surface area (Å²) in [6.07, 6.45) is 3.46. The van der Waals surface area contributed by atoms with Gasteiger partial charge in [-0.15, -0.1) is 0 Å². The van der Waals surface area contributed by atoms with Gasteiger partial charge in [0.2, 0.25) is 0 Å². The number of ether oxygens (including phenoxy) is 1. The van der Waals surface area contributed by atoms with E-state index in [0.717, 1.165) is 12.5 Å². The van der Waals surface area contributed by atoms with Crippen molar-refractivity contribution in [1.29, 1.82) is 0 Å². The molecule has 0 aliphatic heterocycles. The van der Waals surface area contributed by atoms with Crippen LogP contribution in [0.2, 0.25) is 5.02 Å². The number of hydrogen-bond donors (Lipinski definition) is 2. The van der Waals surface area contributed by atoms with Crippen molar-refractivity contribution in [1.82, 2.24) is 10.6 Å². The van der Waals surface area contributed by atoms with Crippen LogP contribution in [0.3, 0.4) is 0 Å². The lowest BCUT2D eigenvalue weighted by atomic mass is 10.1. The number of amides is 3. The van der Waals surface area contributed by atoms with Crippen LogP contribution in [0.15, 0.2) is 30.3 Å². The summed E-state index contributed by atoms with van der Waals surface area (Å²) in [5, 5.41) is 5.12. The Bertz CT molecular complexity index is 614. The maximum atomic E-state index is 11.5. The topological polar surface area (TPSA) is 84.5 Å². The number of halogens is 1. The Balaban J connectivity index is 2.30. The molecule has 0 bridgehead atoms. The van der Waals surface area contributed by atoms with Gasteiger partial charge in [0.05, 0.1) is 0 Å². The first-order chi connectivity index (χ1) is 11.4. The fourth-order valence-electron chi connectivity index (χ4n) is 1.63. The molecule has 0 saturated heterocycles. The fraction of sp³-hybridized carbons (Fsp3) is 0.353. The van der Waals surface area contributed by atoms with Crippen LogP contribution in [0.5, 0.6) is 0 Å². The van der Waals surface area contributed by atoms with Crippen LogP contribution in [0, 0.1) is 5.92 Å². The molecular weight excluding hydrogens is 332 g/mol. The highest BCUT2D eigenvalue weighted by Crippen LogP contribution is 2.16. The molecule has 7 heteroatoms. The molecule has 0 radical (unpaired) electrons. The van der Waals surface area contributed by atoms with Gasteiger partial charge in [-0.05, 0) is 30.0 Å². The summed E-state index contributed by atoms with van der Waals surface area (Å²) in [5.41, 5.74) is 0.657. The third-order valence-electron chi connectivity index (χ3n) is 2.91. The molecule has 0 spiro atoms. The average molecular weight is 353 g/mol. The first kappa shape index (κ1) is 19.7. The zero-order valence-electron chi connectivity index (χ0n) is 13.7. The molecule has 0 atom stereocenters. The molecule has 0 aliphatic rings. The molecule has 0 heterocycles. The van der Waals surface area contributed by atoms with Crippen LogP contribution in [0.1, 0.15) is 25.8 Å². The molecule has 0 aromatic heterocycles. The lowest BCUT2D eigenvalue weighted by molar-refractivity contribution is -0.143. The minimum Gasteiger partial charge on any atom is -0.452 e. The van der Waals surface area contributed by atoms with E-state index >= 15 is 0 Å². The van der Waals surface area contributed by atoms with E-state index in [4.69, 9.17) is 16.3 Å². The molecule has 1 aromatic rings. The van der Waals surface area contributed by atoms with Crippen molar-refractivity contribution < 1.29 is 19.1 Å². The van der Waals surface area contributed by atoms with Gasteiger partial charge in [-0.3, -0.25) is 10.1 Å². The number of urea groups is 1. The first-order valence-electron chi connectivity index (χ1n) is 7.55. The maximum absolute atomic E-state index is 11.5. The minimum atomic E-state index is -0.703. The van der Waals surface area contributed by atoms with Crippen LogP contribution in [0.4, 0.5) is 4.79 Å². The number of hydrogen-bond acceptors (Lipinski definition) is 4. The van der Waals surface area contributed by atoms with Crippen molar-refractivity contribution >= 4 is 35.6 Å². The summed E-state index contributed by atoms with van der Waals surface area (Å²) in [7, 11) is 0. The zero-order chi connectivity index (χ0) is 17.9. The van der Waals surface area contributed by atoms with E-state index in [-0.39, 0.29) is 0 Å². The number of esters is 1. The van der Waals surface area contributed by atoms with Gasteiger partial charge in [-0.25, -0.2) is 9.59 Å². The molecule has 0 aliphatic carbocycles. The molecule has 1 aromatic carbocycles. The summed E-state index contributed by atoms with van der Waals surface area (Å²) >= 11 is 5.94. The minimum absolute atomic E-state index is 0.451. The number of imide groups is 1. The SMILES string of the molecule is CC(C)CCNC(=O)NC(=O)COC(=O)/C=C/c1ccccc1Cl. The molecular formula is C17H21ClN2O4. The van der Waals surface area contributed by atoms with Gasteiger partial charge in [0.1, 0.15) is 0 Å². The van der Waals surface area contributed by atoms with Crippen molar-refractivity contribution in [2.75, 3.05) is 13.2 Å². The largest absolute Gasteiger partial charge is 0.452 e. The van der Waals surface area contributed by atoms with Crippen LogP contribution in [0.25, 0.3) is 6.08 Å². The number of rotatable bonds is 7. The second kappa shape index (κ2) is 10.4. The molecule has 0 fully saturated rings. The van der Waals surface area contributed by atoms with Crippen molar-refractivity contribution in [2.45, 2.75) is 20.3 Å². The molecule has 24 heavy (non-hydrogen) atoms. The van der Waals surface area contributed by atoms with E-state index in [1.165, 1.54) is 6.08 Å². The van der Waals surface area contributed by atoms with E-state index in [2.05, 4.69) is 10.6 Å². The number of carbonyl (C=O) groups excluding carboxylic acids is 3. The average Bonchev–Trinajstić information content (AvgIpc) is 2.51. The summed E-state index contributed by atoms with van der Waals surface area (Å²) in [5.74, 6) is -0.950. The molecule has 0 unspecified atom stereocenters. The Morgan fingerprint density at radius 1 is 1.25 bits per heavy atom. The van der Waals surface area contributed by atoms with Crippen LogP contribution >= 0.6 is 11.6 Å². The van der Waals surface area contributed by atoms with Gasteiger partial charge in [0.25, 0.3) is 5.91 Å². The number of benzene rings is 1. The smallest absolute Gasteiger partial charge is 0.331 e. The zero-order valence-corrected chi connectivity index (χ0v) is 14.4. The lowest BCUT2D eigenvalue weighted by Crippen LogP contribution is -2.41. The molecule has 6 nitrogen and oxygen atoms in total. The van der Waals surface area contributed by atoms with Gasteiger partial charge in [0.15, 0.2) is 6.61 Å². The predicted molar refractivity (Wildman–Crippen MR) is 92.4 cm³/mol. The van der Waals surface area contributed by atoms with E-state index < -0.39 is 24.5 Å². The maximum Gasteiger partial charge on any atom is 0.331 e. The summed E-state index contributed by atoms with van der Waals surface area (Å²) in [6.45, 7) is 3.99. The van der Waals surface area contributed by atoms with Crippen molar-refractivity contribution in [3.63, 3.8) is 0 Å². The summed E-state index contributed by atoms with van der Waals surface area (Å²) < 4.78 is 4.75. The van der Waals surface area contributed by atoms with Crippen molar-refractivity contribution in [2.24, 2.45) is 5.92 Å². The van der Waals surface area contributed by atoms with Crippen LogP contribution in [-0.4, -0.2) is 31.1 Å². The predicted octanol–water partition coefficient (Wildman–Crippen LogP) is 2.77. The second-order valence-corrected chi connectivity index (χ2v) is 5.86. The van der Waals surface area contributed by atoms with Gasteiger partial charge < -0.3 is 10.1 Å². The lowest BCUT2D eigenvalue weighted by Gasteiger charge is -2.08. The van der Waals surface area contributed by atoms with E-state index in [9.17, 15) is 14.4 Å². The highest BCUT2D eigenvalue weighted by Gasteiger charge is 2.09. The third-order valence-corrected chi connectivity index (χ3v) is 3.25. The normalized spacial score (nSPS) is 10.7. The molecule has 130 valence electrons. The van der Waals surface area contributed by atoms with Crippen LogP contribution in [-0.2, 0) is 14.3 Å². The second-order valence-electron chi connectivity index (χ2n) is 5.45. The number of nitrogens with one attached hydrogen (secondary N) is 2. The molecule has 0 saturated carbocycles. The van der Waals surface area contributed by atoms with Crippen molar-refractivity contribution in [3.05, 3.63) is 40.9 Å². The Morgan fingerprint density at radius 2 is 1.96 bits per heavy atom. The van der Waals surface area contributed by atoms with E-state index in [0.29, 0.717) is 23.0 Å². The highest BCUT2D eigenvalue weighted by molar-refractivity contribution is 6.32. The van der Waals surface area contributed by atoms with Crippen molar-refractivity contribution in [3.8, 4) is 0 Å². The van der Waals surface area contributed by atoms with Gasteiger partial charge in [-0.2, -0.15) is 0 Å². The first-order valence-corrected chi connectivity index (χ1v) is 7.93. The Morgan fingerprint density at radius 3 is 2.62 bits per heavy atom. The quantitative estimate of drug-likeness (QED) is 0.583. The van der Waals surface area contributed by atoms with E-state index in [1.54, 1.807) is 24.3 Å². The Kier molecular flexibility index (Phi) is 8.57. The van der Waals surface area contributed by atoms with Crippen LogP contribution < -0.4 is 10.6 Å². The van der Waals surface area contributed by atoms with Gasteiger partial charge in [-0.1, -0.05) is 43.6 Å². The highest BCUT2D eigenvalue weighted by atomic mass is 35.5. The number of carbonyl (C=O) groups is 3. The monoisotopic (exact) mass is 352 g/mol. The fourth-order valence-corrected chi connectivity index (χ4v) is 1.83. The van der Waals surface area contributed by atoms with Gasteiger partial charge in [0, 0.05) is 17.6 Å². The third kappa shape index (κ3) is 8.33. The summed E-state index contributed by atoms with van der Waals surface area (Å²) in [4.78, 5) is 34.4. The molecule has 3 amide bonds. The van der Waals surface area contributed by atoms with Gasteiger partial charge >= 0.3 is 12.0 Å². The molecule has 2 N–H and O–H groups in total.